The summed E-state index contributed by atoms with van der Waals surface area (Å²) in [4.78, 5) is 14.2. The monoisotopic (exact) mass is 262 g/mol. The van der Waals surface area contributed by atoms with Crippen molar-refractivity contribution >= 4 is 5.91 Å². The normalized spacial score (nSPS) is 34.8. The van der Waals surface area contributed by atoms with E-state index >= 15 is 0 Å². The van der Waals surface area contributed by atoms with Crippen LogP contribution in [0.15, 0.2) is 12.2 Å². The van der Waals surface area contributed by atoms with Gasteiger partial charge in [-0.1, -0.05) is 12.2 Å². The molecule has 1 saturated carbocycles. The first kappa shape index (κ1) is 13.2. The van der Waals surface area contributed by atoms with Crippen LogP contribution in [-0.2, 0) is 4.79 Å². The van der Waals surface area contributed by atoms with Crippen LogP contribution >= 0.6 is 0 Å². The number of allylic oxidation sites excluding steroid dienone is 2. The summed E-state index contributed by atoms with van der Waals surface area (Å²) in [6.45, 7) is 4.71. The number of hydrogen-bond acceptors (Lipinski definition) is 2. The molecular weight excluding hydrogens is 236 g/mol. The first-order valence-electron chi connectivity index (χ1n) is 7.93. The zero-order valence-electron chi connectivity index (χ0n) is 12.0. The number of likely N-dealkylation sites (tertiary alicyclic amines) is 1. The molecule has 4 atom stereocenters. The number of fused-ring (bicyclic) bond motifs is 2. The summed E-state index contributed by atoms with van der Waals surface area (Å²) in [6, 6.07) is 0.466. The molecule has 1 heterocycles. The highest BCUT2D eigenvalue weighted by Gasteiger charge is 2.38. The summed E-state index contributed by atoms with van der Waals surface area (Å²) in [5.41, 5.74) is 0. The van der Waals surface area contributed by atoms with Gasteiger partial charge in [-0.2, -0.15) is 0 Å². The predicted molar refractivity (Wildman–Crippen MR) is 76.7 cm³/mol. The molecule has 0 radical (unpaired) electrons. The lowest BCUT2D eigenvalue weighted by atomic mass is 9.87. The van der Waals surface area contributed by atoms with Crippen molar-refractivity contribution in [1.29, 1.82) is 0 Å². The molecule has 1 amide bonds. The van der Waals surface area contributed by atoms with E-state index < -0.39 is 0 Å². The van der Waals surface area contributed by atoms with Crippen molar-refractivity contribution in [2.45, 2.75) is 45.1 Å². The lowest BCUT2D eigenvalue weighted by Gasteiger charge is -2.29. The van der Waals surface area contributed by atoms with Crippen molar-refractivity contribution in [2.75, 3.05) is 19.6 Å². The fourth-order valence-corrected chi connectivity index (χ4v) is 4.05. The summed E-state index contributed by atoms with van der Waals surface area (Å²) in [5.74, 6) is 2.61. The molecule has 19 heavy (non-hydrogen) atoms. The number of nitrogens with zero attached hydrogens (tertiary/aromatic N) is 1. The highest BCUT2D eigenvalue weighted by Crippen LogP contribution is 2.44. The SMILES string of the molecule is CC(NCC(=O)N1CCCCC1)C1CC2C=CC1C2. The topological polar surface area (TPSA) is 32.3 Å². The van der Waals surface area contributed by atoms with E-state index in [2.05, 4.69) is 24.4 Å². The fourth-order valence-electron chi connectivity index (χ4n) is 4.05. The van der Waals surface area contributed by atoms with Crippen LogP contribution in [0.2, 0.25) is 0 Å². The highest BCUT2D eigenvalue weighted by atomic mass is 16.2. The van der Waals surface area contributed by atoms with Gasteiger partial charge in [-0.3, -0.25) is 4.79 Å². The van der Waals surface area contributed by atoms with E-state index in [4.69, 9.17) is 0 Å². The smallest absolute Gasteiger partial charge is 0.236 e. The van der Waals surface area contributed by atoms with E-state index in [0.29, 0.717) is 18.5 Å². The number of piperidine rings is 1. The summed E-state index contributed by atoms with van der Waals surface area (Å²) in [5, 5.41) is 3.48. The van der Waals surface area contributed by atoms with E-state index in [0.717, 1.165) is 30.8 Å². The molecule has 3 heteroatoms. The predicted octanol–water partition coefficient (Wildman–Crippen LogP) is 2.19. The number of amides is 1. The summed E-state index contributed by atoms with van der Waals surface area (Å²) < 4.78 is 0. The molecule has 0 aromatic carbocycles. The minimum Gasteiger partial charge on any atom is -0.342 e. The van der Waals surface area contributed by atoms with Crippen LogP contribution in [-0.4, -0.2) is 36.5 Å². The van der Waals surface area contributed by atoms with E-state index in [1.165, 1.54) is 32.1 Å². The first-order valence-corrected chi connectivity index (χ1v) is 7.93. The number of carbonyl (C=O) groups is 1. The maximum absolute atomic E-state index is 12.1. The summed E-state index contributed by atoms with van der Waals surface area (Å²) in [7, 11) is 0. The van der Waals surface area contributed by atoms with Gasteiger partial charge in [0.25, 0.3) is 0 Å². The quantitative estimate of drug-likeness (QED) is 0.788. The molecule has 106 valence electrons. The molecule has 3 nitrogen and oxygen atoms in total. The second kappa shape index (κ2) is 5.66. The van der Waals surface area contributed by atoms with Gasteiger partial charge in [-0.15, -0.1) is 0 Å². The highest BCUT2D eigenvalue weighted by molar-refractivity contribution is 5.78. The lowest BCUT2D eigenvalue weighted by molar-refractivity contribution is -0.131. The standard InChI is InChI=1S/C16H26N2O/c1-12(15-10-13-5-6-14(15)9-13)17-11-16(19)18-7-3-2-4-8-18/h5-6,12-15,17H,2-4,7-11H2,1H3. The van der Waals surface area contributed by atoms with E-state index in [9.17, 15) is 4.79 Å². The first-order chi connectivity index (χ1) is 9.24. The molecule has 1 saturated heterocycles. The average Bonchev–Trinajstić information content (AvgIpc) is 3.08. The van der Waals surface area contributed by atoms with Crippen LogP contribution in [0.25, 0.3) is 0 Å². The molecule has 0 aromatic rings. The van der Waals surface area contributed by atoms with Gasteiger partial charge in [0, 0.05) is 19.1 Å². The van der Waals surface area contributed by atoms with Crippen LogP contribution < -0.4 is 5.32 Å². The Morgan fingerprint density at radius 3 is 2.68 bits per heavy atom. The fraction of sp³-hybridized carbons (Fsp3) is 0.812. The van der Waals surface area contributed by atoms with Gasteiger partial charge in [-0.25, -0.2) is 0 Å². The molecule has 3 rings (SSSR count). The Morgan fingerprint density at radius 1 is 1.26 bits per heavy atom. The third-order valence-electron chi connectivity index (χ3n) is 5.26. The van der Waals surface area contributed by atoms with E-state index in [-0.39, 0.29) is 0 Å². The molecule has 0 spiro atoms. The van der Waals surface area contributed by atoms with E-state index in [1.54, 1.807) is 0 Å². The van der Waals surface area contributed by atoms with Crippen molar-refractivity contribution in [2.24, 2.45) is 17.8 Å². The van der Waals surface area contributed by atoms with Gasteiger partial charge in [0.15, 0.2) is 0 Å². The molecule has 4 unspecified atom stereocenters. The largest absolute Gasteiger partial charge is 0.342 e. The number of nitrogens with one attached hydrogen (secondary N) is 1. The molecule has 2 aliphatic carbocycles. The molecule has 1 N–H and O–H groups in total. The van der Waals surface area contributed by atoms with Crippen molar-refractivity contribution in [3.05, 3.63) is 12.2 Å². The van der Waals surface area contributed by atoms with Gasteiger partial charge < -0.3 is 10.2 Å². The molecular formula is C16H26N2O. The van der Waals surface area contributed by atoms with Gasteiger partial charge >= 0.3 is 0 Å². The van der Waals surface area contributed by atoms with Gasteiger partial charge in [0.1, 0.15) is 0 Å². The molecule has 0 aromatic heterocycles. The molecule has 3 aliphatic rings. The van der Waals surface area contributed by atoms with Crippen LogP contribution in [0, 0.1) is 17.8 Å². The maximum atomic E-state index is 12.1. The molecule has 1 aliphatic heterocycles. The van der Waals surface area contributed by atoms with Crippen molar-refractivity contribution in [3.8, 4) is 0 Å². The third-order valence-corrected chi connectivity index (χ3v) is 5.26. The van der Waals surface area contributed by atoms with Crippen LogP contribution in [0.5, 0.6) is 0 Å². The second-order valence-corrected chi connectivity index (χ2v) is 6.56. The van der Waals surface area contributed by atoms with Crippen LogP contribution in [0.4, 0.5) is 0 Å². The molecule has 2 fully saturated rings. The number of rotatable bonds is 4. The Hall–Kier alpha value is -0.830. The van der Waals surface area contributed by atoms with E-state index in [1.807, 2.05) is 4.90 Å². The maximum Gasteiger partial charge on any atom is 0.236 e. The van der Waals surface area contributed by atoms with Crippen molar-refractivity contribution in [3.63, 3.8) is 0 Å². The Labute approximate surface area is 116 Å². The zero-order chi connectivity index (χ0) is 13.2. The third kappa shape index (κ3) is 2.86. The zero-order valence-corrected chi connectivity index (χ0v) is 12.0. The Morgan fingerprint density at radius 2 is 2.05 bits per heavy atom. The Bertz CT molecular complexity index is 360. The number of hydrogen-bond donors (Lipinski definition) is 1. The van der Waals surface area contributed by atoms with Gasteiger partial charge in [0.2, 0.25) is 5.91 Å². The minimum absolute atomic E-state index is 0.297. The average molecular weight is 262 g/mol. The van der Waals surface area contributed by atoms with Crippen LogP contribution in [0.3, 0.4) is 0 Å². The molecule has 2 bridgehead atoms. The number of carbonyl (C=O) groups excluding carboxylic acids is 1. The van der Waals surface area contributed by atoms with Gasteiger partial charge in [-0.05, 0) is 56.8 Å². The Balaban J connectivity index is 1.44. The van der Waals surface area contributed by atoms with Crippen molar-refractivity contribution < 1.29 is 4.79 Å². The summed E-state index contributed by atoms with van der Waals surface area (Å²) >= 11 is 0. The lowest BCUT2D eigenvalue weighted by Crippen LogP contribution is -2.45. The minimum atomic E-state index is 0.297. The second-order valence-electron chi connectivity index (χ2n) is 6.56. The summed E-state index contributed by atoms with van der Waals surface area (Å²) in [6.07, 6.45) is 11.1. The Kier molecular flexibility index (Phi) is 3.92. The van der Waals surface area contributed by atoms with Crippen molar-refractivity contribution in [1.82, 2.24) is 10.2 Å². The van der Waals surface area contributed by atoms with Crippen LogP contribution in [0.1, 0.15) is 39.0 Å². The van der Waals surface area contributed by atoms with Gasteiger partial charge in [0.05, 0.1) is 6.54 Å².